The van der Waals surface area contributed by atoms with Crippen molar-refractivity contribution in [1.29, 1.82) is 0 Å². The third-order valence-corrected chi connectivity index (χ3v) is 2.53. The van der Waals surface area contributed by atoms with Crippen LogP contribution in [0.1, 0.15) is 23.7 Å². The first-order valence-electron chi connectivity index (χ1n) is 5.51. The molecule has 0 N–H and O–H groups in total. The van der Waals surface area contributed by atoms with Gasteiger partial charge in [-0.25, -0.2) is 13.2 Å². The van der Waals surface area contributed by atoms with E-state index in [0.717, 1.165) is 0 Å². The van der Waals surface area contributed by atoms with Crippen molar-refractivity contribution >= 4 is 17.5 Å². The number of halogens is 4. The van der Waals surface area contributed by atoms with Crippen LogP contribution in [0.2, 0.25) is 0 Å². The Kier molecular flexibility index (Phi) is 5.47. The van der Waals surface area contributed by atoms with Crippen molar-refractivity contribution in [2.24, 2.45) is 0 Å². The maximum atomic E-state index is 13.0. The van der Waals surface area contributed by atoms with E-state index in [1.807, 2.05) is 6.92 Å². The first-order chi connectivity index (χ1) is 8.51. The molecule has 1 aromatic carbocycles. The smallest absolute Gasteiger partial charge is 0.254 e. The average molecular weight is 280 g/mol. The predicted octanol–water partition coefficient (Wildman–Crippen LogP) is 3.19. The molecule has 0 atom stereocenters. The van der Waals surface area contributed by atoms with Gasteiger partial charge in [0.2, 0.25) is 0 Å². The molecule has 2 nitrogen and oxygen atoms in total. The topological polar surface area (TPSA) is 20.3 Å². The van der Waals surface area contributed by atoms with Crippen LogP contribution in [-0.4, -0.2) is 29.8 Å². The fraction of sp³-hybridized carbons (Fsp3) is 0.417. The molecular formula is C12H13ClF3NO. The molecule has 1 rings (SSSR count). The molecule has 0 spiro atoms. The van der Waals surface area contributed by atoms with Gasteiger partial charge in [-0.1, -0.05) is 6.92 Å². The average Bonchev–Trinajstić information content (AvgIpc) is 2.34. The van der Waals surface area contributed by atoms with Gasteiger partial charge in [0, 0.05) is 24.5 Å². The Morgan fingerprint density at radius 3 is 2.22 bits per heavy atom. The molecular weight excluding hydrogens is 267 g/mol. The maximum absolute atomic E-state index is 13.0. The molecule has 0 heterocycles. The Morgan fingerprint density at radius 2 is 1.78 bits per heavy atom. The Morgan fingerprint density at radius 1 is 1.22 bits per heavy atom. The number of rotatable bonds is 5. The minimum Gasteiger partial charge on any atom is -0.337 e. The third-order valence-electron chi connectivity index (χ3n) is 2.37. The normalized spacial score (nSPS) is 10.5. The van der Waals surface area contributed by atoms with Crippen LogP contribution in [0.3, 0.4) is 0 Å². The van der Waals surface area contributed by atoms with E-state index in [1.165, 1.54) is 4.90 Å². The molecule has 100 valence electrons. The molecule has 18 heavy (non-hydrogen) atoms. The van der Waals surface area contributed by atoms with E-state index >= 15 is 0 Å². The van der Waals surface area contributed by atoms with Crippen LogP contribution in [0, 0.1) is 17.5 Å². The molecule has 0 aliphatic carbocycles. The van der Waals surface area contributed by atoms with Gasteiger partial charge < -0.3 is 4.90 Å². The Bertz CT molecular complexity index is 410. The molecule has 0 bridgehead atoms. The van der Waals surface area contributed by atoms with E-state index in [9.17, 15) is 18.0 Å². The van der Waals surface area contributed by atoms with Gasteiger partial charge in [0.25, 0.3) is 5.91 Å². The van der Waals surface area contributed by atoms with E-state index in [4.69, 9.17) is 11.6 Å². The monoisotopic (exact) mass is 279 g/mol. The molecule has 0 aliphatic heterocycles. The van der Waals surface area contributed by atoms with Crippen molar-refractivity contribution < 1.29 is 18.0 Å². The molecule has 6 heteroatoms. The summed E-state index contributed by atoms with van der Waals surface area (Å²) < 4.78 is 38.8. The SMILES string of the molecule is CCCN(CCCl)C(=O)c1cc(F)c(F)c(F)c1. The van der Waals surface area contributed by atoms with Crippen LogP contribution in [0.15, 0.2) is 12.1 Å². The van der Waals surface area contributed by atoms with Gasteiger partial charge in [-0.05, 0) is 18.6 Å². The third kappa shape index (κ3) is 3.38. The lowest BCUT2D eigenvalue weighted by molar-refractivity contribution is 0.0764. The van der Waals surface area contributed by atoms with E-state index in [2.05, 4.69) is 0 Å². The van der Waals surface area contributed by atoms with Gasteiger partial charge in [-0.15, -0.1) is 11.6 Å². The van der Waals surface area contributed by atoms with E-state index < -0.39 is 23.4 Å². The Balaban J connectivity index is 3.01. The molecule has 1 amide bonds. The lowest BCUT2D eigenvalue weighted by atomic mass is 10.1. The summed E-state index contributed by atoms with van der Waals surface area (Å²) >= 11 is 5.55. The number of carbonyl (C=O) groups excluding carboxylic acids is 1. The van der Waals surface area contributed by atoms with Gasteiger partial charge in [0.15, 0.2) is 17.5 Å². The highest BCUT2D eigenvalue weighted by molar-refractivity contribution is 6.18. The number of benzene rings is 1. The minimum absolute atomic E-state index is 0.218. The Labute approximate surface area is 108 Å². The van der Waals surface area contributed by atoms with Crippen LogP contribution in [0.25, 0.3) is 0 Å². The largest absolute Gasteiger partial charge is 0.337 e. The molecule has 0 aliphatic rings. The van der Waals surface area contributed by atoms with Crippen LogP contribution in [0.5, 0.6) is 0 Å². The van der Waals surface area contributed by atoms with Crippen molar-refractivity contribution in [3.63, 3.8) is 0 Å². The quantitative estimate of drug-likeness (QED) is 0.599. The first kappa shape index (κ1) is 14.8. The Hall–Kier alpha value is -1.23. The second-order valence-corrected chi connectivity index (χ2v) is 4.11. The predicted molar refractivity (Wildman–Crippen MR) is 63.2 cm³/mol. The van der Waals surface area contributed by atoms with Crippen LogP contribution in [-0.2, 0) is 0 Å². The molecule has 0 saturated carbocycles. The summed E-state index contributed by atoms with van der Waals surface area (Å²) in [7, 11) is 0. The lowest BCUT2D eigenvalue weighted by Crippen LogP contribution is -2.33. The van der Waals surface area contributed by atoms with E-state index in [1.54, 1.807) is 0 Å². The zero-order valence-electron chi connectivity index (χ0n) is 9.85. The molecule has 0 radical (unpaired) electrons. The summed E-state index contributed by atoms with van der Waals surface area (Å²) in [5.41, 5.74) is -0.218. The first-order valence-corrected chi connectivity index (χ1v) is 6.04. The highest BCUT2D eigenvalue weighted by Crippen LogP contribution is 2.15. The molecule has 1 aromatic rings. The molecule has 0 saturated heterocycles. The zero-order chi connectivity index (χ0) is 13.7. The van der Waals surface area contributed by atoms with Crippen molar-refractivity contribution in [3.8, 4) is 0 Å². The van der Waals surface area contributed by atoms with Crippen molar-refractivity contribution in [2.75, 3.05) is 19.0 Å². The van der Waals surface area contributed by atoms with Gasteiger partial charge in [-0.3, -0.25) is 4.79 Å². The summed E-state index contributed by atoms with van der Waals surface area (Å²) in [6.45, 7) is 2.56. The number of amides is 1. The number of alkyl halides is 1. The second-order valence-electron chi connectivity index (χ2n) is 3.74. The van der Waals surface area contributed by atoms with Crippen molar-refractivity contribution in [1.82, 2.24) is 4.90 Å². The number of nitrogens with zero attached hydrogens (tertiary/aromatic N) is 1. The number of hydrogen-bond acceptors (Lipinski definition) is 1. The van der Waals surface area contributed by atoms with Crippen LogP contribution in [0.4, 0.5) is 13.2 Å². The highest BCUT2D eigenvalue weighted by atomic mass is 35.5. The van der Waals surface area contributed by atoms with Crippen molar-refractivity contribution in [2.45, 2.75) is 13.3 Å². The summed E-state index contributed by atoms with van der Waals surface area (Å²) in [6.07, 6.45) is 0.689. The lowest BCUT2D eigenvalue weighted by Gasteiger charge is -2.21. The van der Waals surface area contributed by atoms with Gasteiger partial charge >= 0.3 is 0 Å². The van der Waals surface area contributed by atoms with Gasteiger partial charge in [0.05, 0.1) is 0 Å². The number of carbonyl (C=O) groups is 1. The van der Waals surface area contributed by atoms with Gasteiger partial charge in [0.1, 0.15) is 0 Å². The van der Waals surface area contributed by atoms with Crippen molar-refractivity contribution in [3.05, 3.63) is 35.1 Å². The fourth-order valence-corrected chi connectivity index (χ4v) is 1.75. The van der Waals surface area contributed by atoms with E-state index in [0.29, 0.717) is 25.1 Å². The van der Waals surface area contributed by atoms with Crippen LogP contribution >= 0.6 is 11.6 Å². The molecule has 0 fully saturated rings. The standard InChI is InChI=1S/C12H13ClF3NO/c1-2-4-17(5-3-13)12(18)8-6-9(14)11(16)10(15)7-8/h6-7H,2-5H2,1H3. The summed E-state index contributed by atoms with van der Waals surface area (Å²) in [5, 5.41) is 0. The maximum Gasteiger partial charge on any atom is 0.254 e. The summed E-state index contributed by atoms with van der Waals surface area (Å²) in [6, 6.07) is 1.38. The van der Waals surface area contributed by atoms with E-state index in [-0.39, 0.29) is 18.0 Å². The second kappa shape index (κ2) is 6.64. The van der Waals surface area contributed by atoms with Crippen LogP contribution < -0.4 is 0 Å². The summed E-state index contributed by atoms with van der Waals surface area (Å²) in [4.78, 5) is 13.3. The fourth-order valence-electron chi connectivity index (χ4n) is 1.55. The zero-order valence-corrected chi connectivity index (χ0v) is 10.6. The number of hydrogen-bond donors (Lipinski definition) is 0. The molecule has 0 aromatic heterocycles. The molecule has 0 unspecified atom stereocenters. The summed E-state index contributed by atoms with van der Waals surface area (Å²) in [5.74, 6) is -4.67. The minimum atomic E-state index is -1.58. The van der Waals surface area contributed by atoms with Gasteiger partial charge in [-0.2, -0.15) is 0 Å². The highest BCUT2D eigenvalue weighted by Gasteiger charge is 2.19.